The fourth-order valence-corrected chi connectivity index (χ4v) is 2.05. The van der Waals surface area contributed by atoms with E-state index >= 15 is 0 Å². The molecule has 1 atom stereocenters. The van der Waals surface area contributed by atoms with Gasteiger partial charge >= 0.3 is 0 Å². The molecule has 0 fully saturated rings. The number of ether oxygens (including phenoxy) is 3. The summed E-state index contributed by atoms with van der Waals surface area (Å²) in [6.45, 7) is 3.30. The molecule has 6 heteroatoms. The second-order valence-electron chi connectivity index (χ2n) is 4.22. The Balaban J connectivity index is 2.70. The Morgan fingerprint density at radius 1 is 1.25 bits per heavy atom. The molecule has 0 radical (unpaired) electrons. The number of rotatable bonds is 7. The second-order valence-corrected chi connectivity index (χ2v) is 4.63. The summed E-state index contributed by atoms with van der Waals surface area (Å²) >= 11 is 5.23. The first-order chi connectivity index (χ1) is 9.62. The lowest BCUT2D eigenvalue weighted by Crippen LogP contribution is -2.38. The Labute approximate surface area is 125 Å². The zero-order chi connectivity index (χ0) is 15.0. The van der Waals surface area contributed by atoms with Gasteiger partial charge in [-0.05, 0) is 37.3 Å². The van der Waals surface area contributed by atoms with Gasteiger partial charge in [0.25, 0.3) is 0 Å². The highest BCUT2D eigenvalue weighted by Gasteiger charge is 2.13. The van der Waals surface area contributed by atoms with Gasteiger partial charge < -0.3 is 24.8 Å². The molecule has 1 rings (SSSR count). The summed E-state index contributed by atoms with van der Waals surface area (Å²) in [5.41, 5.74) is 0.989. The van der Waals surface area contributed by atoms with E-state index in [4.69, 9.17) is 26.4 Å². The minimum atomic E-state index is 0.00240. The van der Waals surface area contributed by atoms with Crippen LogP contribution in [0.25, 0.3) is 0 Å². The lowest BCUT2D eigenvalue weighted by Gasteiger charge is -2.20. The molecule has 1 aromatic carbocycles. The van der Waals surface area contributed by atoms with Gasteiger partial charge in [0.05, 0.1) is 26.9 Å². The normalized spacial score (nSPS) is 11.6. The van der Waals surface area contributed by atoms with Crippen LogP contribution in [0.1, 0.15) is 18.5 Å². The molecule has 0 aliphatic rings. The standard InChI is InChI=1S/C14H22N2O3S/c1-10(16-14(20)15-7-8-17-2)12-9-11(18-3)5-6-13(12)19-4/h5-6,9-10H,7-8H2,1-4H3,(H2,15,16,20)/t10-/m0/s1. The lowest BCUT2D eigenvalue weighted by molar-refractivity contribution is 0.204. The monoisotopic (exact) mass is 298 g/mol. The van der Waals surface area contributed by atoms with Crippen LogP contribution in [0.5, 0.6) is 11.5 Å². The second kappa shape index (κ2) is 8.60. The van der Waals surface area contributed by atoms with Gasteiger partial charge in [-0.25, -0.2) is 0 Å². The van der Waals surface area contributed by atoms with Crippen LogP contribution in [-0.2, 0) is 4.74 Å². The summed E-state index contributed by atoms with van der Waals surface area (Å²) in [5, 5.41) is 6.87. The third kappa shape index (κ3) is 4.86. The SMILES string of the molecule is COCCNC(=S)N[C@@H](C)c1cc(OC)ccc1OC. The van der Waals surface area contributed by atoms with Gasteiger partial charge in [-0.1, -0.05) is 0 Å². The number of thiocarbonyl (C=S) groups is 1. The van der Waals surface area contributed by atoms with E-state index in [2.05, 4.69) is 10.6 Å². The zero-order valence-corrected chi connectivity index (χ0v) is 13.2. The van der Waals surface area contributed by atoms with Crippen molar-refractivity contribution in [3.63, 3.8) is 0 Å². The highest BCUT2D eigenvalue weighted by molar-refractivity contribution is 7.80. The Hall–Kier alpha value is -1.53. The maximum absolute atomic E-state index is 5.37. The summed E-state index contributed by atoms with van der Waals surface area (Å²) in [6.07, 6.45) is 0. The molecular weight excluding hydrogens is 276 g/mol. The highest BCUT2D eigenvalue weighted by Crippen LogP contribution is 2.29. The quantitative estimate of drug-likeness (QED) is 0.592. The molecule has 0 spiro atoms. The Morgan fingerprint density at radius 2 is 2.00 bits per heavy atom. The van der Waals surface area contributed by atoms with Crippen LogP contribution >= 0.6 is 12.2 Å². The van der Waals surface area contributed by atoms with Gasteiger partial charge in [-0.15, -0.1) is 0 Å². The lowest BCUT2D eigenvalue weighted by atomic mass is 10.1. The van der Waals surface area contributed by atoms with E-state index in [0.717, 1.165) is 17.1 Å². The Kier molecular flexibility index (Phi) is 7.11. The summed E-state index contributed by atoms with van der Waals surface area (Å²) in [6, 6.07) is 5.69. The maximum Gasteiger partial charge on any atom is 0.166 e. The minimum Gasteiger partial charge on any atom is -0.497 e. The van der Waals surface area contributed by atoms with Crippen LogP contribution in [0.2, 0.25) is 0 Å². The molecule has 0 saturated heterocycles. The van der Waals surface area contributed by atoms with Crippen molar-refractivity contribution in [3.8, 4) is 11.5 Å². The molecule has 0 aliphatic heterocycles. The predicted molar refractivity (Wildman–Crippen MR) is 83.6 cm³/mol. The fourth-order valence-electron chi connectivity index (χ4n) is 1.77. The van der Waals surface area contributed by atoms with Gasteiger partial charge in [0.15, 0.2) is 5.11 Å². The molecule has 0 unspecified atom stereocenters. The number of benzene rings is 1. The van der Waals surface area contributed by atoms with E-state index in [1.165, 1.54) is 0 Å². The number of hydrogen-bond donors (Lipinski definition) is 2. The van der Waals surface area contributed by atoms with Crippen molar-refractivity contribution < 1.29 is 14.2 Å². The molecule has 112 valence electrons. The third-order valence-corrected chi connectivity index (χ3v) is 3.10. The average molecular weight is 298 g/mol. The number of methoxy groups -OCH3 is 3. The molecular formula is C14H22N2O3S. The van der Waals surface area contributed by atoms with E-state index in [1.807, 2.05) is 25.1 Å². The van der Waals surface area contributed by atoms with Gasteiger partial charge in [-0.3, -0.25) is 0 Å². The van der Waals surface area contributed by atoms with Crippen molar-refractivity contribution in [2.24, 2.45) is 0 Å². The average Bonchev–Trinajstić information content (AvgIpc) is 2.46. The van der Waals surface area contributed by atoms with E-state index in [-0.39, 0.29) is 6.04 Å². The molecule has 20 heavy (non-hydrogen) atoms. The minimum absolute atomic E-state index is 0.00240. The van der Waals surface area contributed by atoms with Gasteiger partial charge in [0.2, 0.25) is 0 Å². The summed E-state index contributed by atoms with van der Waals surface area (Å²) in [5.74, 6) is 1.58. The smallest absolute Gasteiger partial charge is 0.166 e. The van der Waals surface area contributed by atoms with Crippen LogP contribution in [0.15, 0.2) is 18.2 Å². The molecule has 0 saturated carbocycles. The molecule has 1 aromatic rings. The number of nitrogens with one attached hydrogen (secondary N) is 2. The van der Waals surface area contributed by atoms with Crippen molar-refractivity contribution in [1.29, 1.82) is 0 Å². The van der Waals surface area contributed by atoms with Gasteiger partial charge in [0.1, 0.15) is 11.5 Å². The van der Waals surface area contributed by atoms with Crippen molar-refractivity contribution >= 4 is 17.3 Å². The largest absolute Gasteiger partial charge is 0.497 e. The van der Waals surface area contributed by atoms with Crippen molar-refractivity contribution in [2.45, 2.75) is 13.0 Å². The molecule has 0 bridgehead atoms. The fraction of sp³-hybridized carbons (Fsp3) is 0.500. The van der Waals surface area contributed by atoms with Crippen LogP contribution in [0, 0.1) is 0 Å². The molecule has 0 aromatic heterocycles. The topological polar surface area (TPSA) is 51.8 Å². The van der Waals surface area contributed by atoms with Crippen LogP contribution in [-0.4, -0.2) is 39.6 Å². The zero-order valence-electron chi connectivity index (χ0n) is 12.4. The molecule has 2 N–H and O–H groups in total. The first-order valence-electron chi connectivity index (χ1n) is 6.37. The molecule has 0 amide bonds. The van der Waals surface area contributed by atoms with Gasteiger partial charge in [-0.2, -0.15) is 0 Å². The summed E-state index contributed by atoms with van der Waals surface area (Å²) < 4.78 is 15.6. The summed E-state index contributed by atoms with van der Waals surface area (Å²) in [4.78, 5) is 0. The molecule has 0 aliphatic carbocycles. The third-order valence-electron chi connectivity index (χ3n) is 2.84. The van der Waals surface area contributed by atoms with E-state index in [9.17, 15) is 0 Å². The van der Waals surface area contributed by atoms with Crippen LogP contribution < -0.4 is 20.1 Å². The number of hydrogen-bond acceptors (Lipinski definition) is 4. The Morgan fingerprint density at radius 3 is 2.60 bits per heavy atom. The first kappa shape index (κ1) is 16.5. The highest BCUT2D eigenvalue weighted by atomic mass is 32.1. The van der Waals surface area contributed by atoms with E-state index < -0.39 is 0 Å². The molecule has 0 heterocycles. The van der Waals surface area contributed by atoms with Crippen LogP contribution in [0.3, 0.4) is 0 Å². The van der Waals surface area contributed by atoms with Crippen LogP contribution in [0.4, 0.5) is 0 Å². The predicted octanol–water partition coefficient (Wildman–Crippen LogP) is 1.88. The first-order valence-corrected chi connectivity index (χ1v) is 6.78. The van der Waals surface area contributed by atoms with Crippen molar-refractivity contribution in [3.05, 3.63) is 23.8 Å². The van der Waals surface area contributed by atoms with Crippen molar-refractivity contribution in [2.75, 3.05) is 34.5 Å². The maximum atomic E-state index is 5.37. The van der Waals surface area contributed by atoms with Gasteiger partial charge in [0, 0.05) is 19.2 Å². The molecule has 5 nitrogen and oxygen atoms in total. The van der Waals surface area contributed by atoms with E-state index in [0.29, 0.717) is 18.3 Å². The van der Waals surface area contributed by atoms with Crippen molar-refractivity contribution in [1.82, 2.24) is 10.6 Å². The Bertz CT molecular complexity index is 440. The summed E-state index contributed by atoms with van der Waals surface area (Å²) in [7, 11) is 4.94. The van der Waals surface area contributed by atoms with E-state index in [1.54, 1.807) is 21.3 Å².